The number of rotatable bonds is 14. The van der Waals surface area contributed by atoms with Gasteiger partial charge in [0.1, 0.15) is 17.4 Å². The van der Waals surface area contributed by atoms with Gasteiger partial charge < -0.3 is 51.2 Å². The highest BCUT2D eigenvalue weighted by atomic mass is 16.5. The topological polar surface area (TPSA) is 274 Å². The number of carboxylic acid groups (broad SMARTS) is 1. The van der Waals surface area contributed by atoms with Crippen molar-refractivity contribution in [3.8, 4) is 40.6 Å². The second kappa shape index (κ2) is 20.0. The quantitative estimate of drug-likeness (QED) is 0.0497. The highest BCUT2D eigenvalue weighted by Gasteiger charge is 2.25. The van der Waals surface area contributed by atoms with Crippen LogP contribution in [0.3, 0.4) is 0 Å². The number of phenolic OH excluding ortho intramolecular Hbond substituents is 2. The predicted octanol–water partition coefficient (Wildman–Crippen LogP) is 5.31. The average molecular weight is 866 g/mol. The summed E-state index contributed by atoms with van der Waals surface area (Å²) in [6.45, 7) is 1.65. The van der Waals surface area contributed by atoms with E-state index in [4.69, 9.17) is 9.47 Å². The zero-order valence-electron chi connectivity index (χ0n) is 34.2. The van der Waals surface area contributed by atoms with Crippen LogP contribution < -0.4 is 30.7 Å². The Morgan fingerprint density at radius 3 is 2.02 bits per heavy atom. The van der Waals surface area contributed by atoms with Crippen molar-refractivity contribution in [2.45, 2.75) is 19.4 Å². The SMILES string of the molecule is COc1c(C#Cc2ccc(NC(=O)[C@H](Cc3cn[nH]n3)NC(=O)c3ccc(NC(=O)/C(C)=C/c4ccc(O)cc4)cc3)cc2)ccc(C(=O)Nc2ccc(C(=O)O)c(O)c2OC)c1O. The first-order valence-electron chi connectivity index (χ1n) is 19.1. The molecule has 0 spiro atoms. The van der Waals surface area contributed by atoms with Crippen LogP contribution in [0.4, 0.5) is 17.1 Å². The largest absolute Gasteiger partial charge is 0.508 e. The number of amides is 4. The molecule has 0 fully saturated rings. The van der Waals surface area contributed by atoms with E-state index in [2.05, 4.69) is 48.5 Å². The highest BCUT2D eigenvalue weighted by molar-refractivity contribution is 6.09. The summed E-state index contributed by atoms with van der Waals surface area (Å²) in [5, 5.41) is 61.1. The molecule has 18 heteroatoms. The molecule has 1 atom stereocenters. The normalized spacial score (nSPS) is 11.3. The van der Waals surface area contributed by atoms with E-state index in [0.717, 1.165) is 11.6 Å². The van der Waals surface area contributed by atoms with Gasteiger partial charge in [0.25, 0.3) is 17.7 Å². The van der Waals surface area contributed by atoms with E-state index in [9.17, 15) is 44.4 Å². The summed E-state index contributed by atoms with van der Waals surface area (Å²) in [6.07, 6.45) is 3.11. The standard InChI is InChI=1S/C46H39N7O11/c1-25(22-27-7-17-33(54)18-8-27)42(57)48-31-15-10-29(11-16-31)43(58)51-37(23-32-24-47-53-52-32)45(60)49-30-13-5-26(6-14-30)4-9-28-12-19-34(38(55)40(28)63-2)44(59)50-36-21-20-35(46(61)62)39(56)41(36)64-3/h5-8,10-22,24,37,54-56H,23H2,1-3H3,(H,48,57)(H,49,60)(H,50,59)(H,51,58)(H,61,62)(H,47,52,53)/b25-22+/t37-/m0/s1. The third-order valence-electron chi connectivity index (χ3n) is 9.43. The molecule has 0 saturated heterocycles. The maximum atomic E-state index is 13.6. The number of ether oxygens (including phenoxy) is 2. The summed E-state index contributed by atoms with van der Waals surface area (Å²) < 4.78 is 10.5. The van der Waals surface area contributed by atoms with Crippen LogP contribution in [-0.2, 0) is 16.0 Å². The van der Waals surface area contributed by atoms with Gasteiger partial charge in [-0.2, -0.15) is 15.4 Å². The van der Waals surface area contributed by atoms with E-state index < -0.39 is 46.8 Å². The average Bonchev–Trinajstić information content (AvgIpc) is 3.80. The number of aromatic hydroxyl groups is 3. The van der Waals surface area contributed by atoms with Gasteiger partial charge in [-0.15, -0.1) is 0 Å². The Labute approximate surface area is 364 Å². The third-order valence-corrected chi connectivity index (χ3v) is 9.43. The second-order valence-electron chi connectivity index (χ2n) is 13.8. The van der Waals surface area contributed by atoms with Crippen LogP contribution in [0.2, 0.25) is 0 Å². The Bertz CT molecular complexity index is 2810. The number of hydrogen-bond acceptors (Lipinski definition) is 12. The van der Waals surface area contributed by atoms with Gasteiger partial charge >= 0.3 is 5.97 Å². The minimum absolute atomic E-state index is 0.00517. The summed E-state index contributed by atoms with van der Waals surface area (Å²) in [4.78, 5) is 64.2. The molecule has 5 aromatic carbocycles. The van der Waals surface area contributed by atoms with Crippen LogP contribution in [-0.4, -0.2) is 85.7 Å². The number of carbonyl (C=O) groups is 5. The lowest BCUT2D eigenvalue weighted by molar-refractivity contribution is -0.118. The minimum atomic E-state index is -1.40. The first kappa shape index (κ1) is 44.4. The summed E-state index contributed by atoms with van der Waals surface area (Å²) in [7, 11) is 2.47. The number of phenols is 3. The molecule has 324 valence electrons. The van der Waals surface area contributed by atoms with Crippen LogP contribution >= 0.6 is 0 Å². The van der Waals surface area contributed by atoms with Crippen molar-refractivity contribution in [1.82, 2.24) is 20.7 Å². The summed E-state index contributed by atoms with van der Waals surface area (Å²) >= 11 is 0. The number of anilines is 3. The first-order valence-corrected chi connectivity index (χ1v) is 19.1. The maximum Gasteiger partial charge on any atom is 0.339 e. The second-order valence-corrected chi connectivity index (χ2v) is 13.8. The molecular formula is C46H39N7O11. The van der Waals surface area contributed by atoms with Gasteiger partial charge in [0.05, 0.1) is 42.9 Å². The van der Waals surface area contributed by atoms with Crippen LogP contribution in [0.15, 0.2) is 109 Å². The number of hydrogen-bond donors (Lipinski definition) is 9. The number of aromatic carboxylic acids is 1. The molecular weight excluding hydrogens is 827 g/mol. The highest BCUT2D eigenvalue weighted by Crippen LogP contribution is 2.39. The minimum Gasteiger partial charge on any atom is -0.508 e. The van der Waals surface area contributed by atoms with Crippen LogP contribution in [0.25, 0.3) is 6.08 Å². The van der Waals surface area contributed by atoms with Crippen molar-refractivity contribution in [3.05, 3.63) is 148 Å². The molecule has 4 amide bonds. The lowest BCUT2D eigenvalue weighted by atomic mass is 10.1. The maximum absolute atomic E-state index is 13.6. The van der Waals surface area contributed by atoms with Gasteiger partial charge in [0, 0.05) is 34.5 Å². The molecule has 1 heterocycles. The number of carbonyl (C=O) groups excluding carboxylic acids is 4. The zero-order chi connectivity index (χ0) is 45.9. The number of benzene rings is 5. The molecule has 0 bridgehead atoms. The Balaban J connectivity index is 1.10. The molecule has 18 nitrogen and oxygen atoms in total. The number of carboxylic acids is 1. The number of methoxy groups -OCH3 is 2. The summed E-state index contributed by atoms with van der Waals surface area (Å²) in [6, 6.07) is 23.0. The molecule has 0 saturated carbocycles. The van der Waals surface area contributed by atoms with E-state index in [1.54, 1.807) is 61.5 Å². The molecule has 0 radical (unpaired) electrons. The zero-order valence-corrected chi connectivity index (χ0v) is 34.2. The van der Waals surface area contributed by atoms with E-state index >= 15 is 0 Å². The number of nitrogens with one attached hydrogen (secondary N) is 5. The van der Waals surface area contributed by atoms with E-state index in [-0.39, 0.29) is 52.0 Å². The molecule has 1 aromatic heterocycles. The van der Waals surface area contributed by atoms with E-state index in [1.807, 2.05) is 0 Å². The molecule has 6 aromatic rings. The number of aromatic nitrogens is 3. The Morgan fingerprint density at radius 1 is 0.734 bits per heavy atom. The van der Waals surface area contributed by atoms with Crippen molar-refractivity contribution in [1.29, 1.82) is 0 Å². The molecule has 9 N–H and O–H groups in total. The van der Waals surface area contributed by atoms with Gasteiger partial charge in [-0.1, -0.05) is 24.0 Å². The fraction of sp³-hybridized carbons (Fsp3) is 0.109. The van der Waals surface area contributed by atoms with Gasteiger partial charge in [0.15, 0.2) is 23.0 Å². The molecule has 64 heavy (non-hydrogen) atoms. The molecule has 0 unspecified atom stereocenters. The van der Waals surface area contributed by atoms with Crippen molar-refractivity contribution in [3.63, 3.8) is 0 Å². The summed E-state index contributed by atoms with van der Waals surface area (Å²) in [5.74, 6) is 0.643. The van der Waals surface area contributed by atoms with E-state index in [0.29, 0.717) is 28.2 Å². The fourth-order valence-corrected chi connectivity index (χ4v) is 6.11. The van der Waals surface area contributed by atoms with Crippen LogP contribution in [0.5, 0.6) is 28.7 Å². The fourth-order valence-electron chi connectivity index (χ4n) is 6.11. The third kappa shape index (κ3) is 10.8. The van der Waals surface area contributed by atoms with Gasteiger partial charge in [-0.05, 0) is 103 Å². The van der Waals surface area contributed by atoms with Crippen molar-refractivity contribution >= 4 is 52.7 Å². The van der Waals surface area contributed by atoms with Gasteiger partial charge in [-0.25, -0.2) is 4.79 Å². The van der Waals surface area contributed by atoms with Crippen LogP contribution in [0.1, 0.15) is 60.4 Å². The van der Waals surface area contributed by atoms with Gasteiger partial charge in [-0.3, -0.25) is 19.2 Å². The number of aromatic amines is 1. The first-order chi connectivity index (χ1) is 30.7. The molecule has 0 aliphatic carbocycles. The van der Waals surface area contributed by atoms with Crippen LogP contribution in [0, 0.1) is 11.8 Å². The van der Waals surface area contributed by atoms with Crippen molar-refractivity contribution in [2.75, 3.05) is 30.2 Å². The smallest absolute Gasteiger partial charge is 0.339 e. The molecule has 6 rings (SSSR count). The Hall–Kier alpha value is -9.11. The Kier molecular flexibility index (Phi) is 13.9. The van der Waals surface area contributed by atoms with Crippen molar-refractivity contribution in [2.24, 2.45) is 0 Å². The lowest BCUT2D eigenvalue weighted by Crippen LogP contribution is -2.45. The van der Waals surface area contributed by atoms with Gasteiger partial charge in [0.2, 0.25) is 5.91 Å². The number of H-pyrrole nitrogens is 1. The monoisotopic (exact) mass is 865 g/mol. The lowest BCUT2D eigenvalue weighted by Gasteiger charge is -2.18. The Morgan fingerprint density at radius 2 is 1.38 bits per heavy atom. The van der Waals surface area contributed by atoms with Crippen molar-refractivity contribution < 1.29 is 53.9 Å². The predicted molar refractivity (Wildman–Crippen MR) is 233 cm³/mol. The summed E-state index contributed by atoms with van der Waals surface area (Å²) in [5.41, 5.74) is 2.67. The molecule has 0 aliphatic rings. The van der Waals surface area contributed by atoms with E-state index in [1.165, 1.54) is 62.9 Å². The number of nitrogens with zero attached hydrogens (tertiary/aromatic N) is 2. The molecule has 0 aliphatic heterocycles.